The van der Waals surface area contributed by atoms with E-state index in [0.717, 1.165) is 6.07 Å². The summed E-state index contributed by atoms with van der Waals surface area (Å²) in [5.74, 6) is -1.98. The van der Waals surface area contributed by atoms with E-state index in [2.05, 4.69) is 5.10 Å². The lowest BCUT2D eigenvalue weighted by Gasteiger charge is -2.02. The molecular weight excluding hydrogens is 204 g/mol. The standard InChI is InChI=1S/C9H9F2N3O/c1-5(13-14-9(12)15)6-3-2-4-7(10)8(6)11/h2-4H,1H3,(H3,12,14,15)/b13-5-. The molecule has 1 aromatic rings. The van der Waals surface area contributed by atoms with E-state index in [1.165, 1.54) is 19.1 Å². The number of nitrogens with two attached hydrogens (primary N) is 1. The summed E-state index contributed by atoms with van der Waals surface area (Å²) >= 11 is 0. The lowest BCUT2D eigenvalue weighted by molar-refractivity contribution is 0.249. The predicted molar refractivity (Wildman–Crippen MR) is 51.3 cm³/mol. The number of halogens is 2. The van der Waals surface area contributed by atoms with Crippen LogP contribution in [0.5, 0.6) is 0 Å². The number of primary amides is 1. The number of nitrogens with zero attached hydrogens (tertiary/aromatic N) is 1. The van der Waals surface area contributed by atoms with Gasteiger partial charge in [0.2, 0.25) is 0 Å². The molecule has 0 aliphatic heterocycles. The highest BCUT2D eigenvalue weighted by atomic mass is 19.2. The highest BCUT2D eigenvalue weighted by Crippen LogP contribution is 2.11. The molecule has 0 radical (unpaired) electrons. The van der Waals surface area contributed by atoms with Crippen molar-refractivity contribution in [2.24, 2.45) is 10.8 Å². The topological polar surface area (TPSA) is 67.5 Å². The summed E-state index contributed by atoms with van der Waals surface area (Å²) in [6, 6.07) is 2.82. The van der Waals surface area contributed by atoms with Crippen molar-refractivity contribution in [1.29, 1.82) is 0 Å². The second-order valence-corrected chi connectivity index (χ2v) is 2.77. The van der Waals surface area contributed by atoms with Crippen LogP contribution in [0, 0.1) is 11.6 Å². The minimum absolute atomic E-state index is 0.0243. The molecule has 0 saturated carbocycles. The highest BCUT2D eigenvalue weighted by molar-refractivity contribution is 5.99. The average Bonchev–Trinajstić information content (AvgIpc) is 2.18. The molecule has 0 bridgehead atoms. The summed E-state index contributed by atoms with van der Waals surface area (Å²) < 4.78 is 26.0. The van der Waals surface area contributed by atoms with Gasteiger partial charge in [-0.05, 0) is 19.1 Å². The van der Waals surface area contributed by atoms with Crippen LogP contribution in [0.2, 0.25) is 0 Å². The third kappa shape index (κ3) is 2.73. The zero-order valence-electron chi connectivity index (χ0n) is 7.92. The number of hydrazone groups is 1. The lowest BCUT2D eigenvalue weighted by Crippen LogP contribution is -2.25. The van der Waals surface area contributed by atoms with Gasteiger partial charge >= 0.3 is 6.03 Å². The van der Waals surface area contributed by atoms with Gasteiger partial charge in [-0.3, -0.25) is 0 Å². The Hall–Kier alpha value is -1.98. The first-order chi connectivity index (χ1) is 7.02. The van der Waals surface area contributed by atoms with Gasteiger partial charge in [0.25, 0.3) is 0 Å². The summed E-state index contributed by atoms with van der Waals surface area (Å²) in [7, 11) is 0. The van der Waals surface area contributed by atoms with E-state index < -0.39 is 17.7 Å². The molecule has 1 rings (SSSR count). The second kappa shape index (κ2) is 4.50. The van der Waals surface area contributed by atoms with Gasteiger partial charge in [0.1, 0.15) is 0 Å². The molecule has 0 aromatic heterocycles. The van der Waals surface area contributed by atoms with Crippen LogP contribution in [0.25, 0.3) is 0 Å². The molecule has 4 nitrogen and oxygen atoms in total. The molecular formula is C9H9F2N3O. The van der Waals surface area contributed by atoms with Crippen LogP contribution in [-0.4, -0.2) is 11.7 Å². The largest absolute Gasteiger partial charge is 0.350 e. The predicted octanol–water partition coefficient (Wildman–Crippen LogP) is 1.36. The molecule has 2 amide bonds. The van der Waals surface area contributed by atoms with Crippen molar-refractivity contribution in [3.8, 4) is 0 Å². The summed E-state index contributed by atoms with van der Waals surface area (Å²) in [4.78, 5) is 10.3. The van der Waals surface area contributed by atoms with Crippen LogP contribution in [0.4, 0.5) is 13.6 Å². The maximum Gasteiger partial charge on any atom is 0.332 e. The first kappa shape index (κ1) is 11.1. The minimum atomic E-state index is -1.01. The van der Waals surface area contributed by atoms with Gasteiger partial charge in [-0.1, -0.05) is 6.07 Å². The van der Waals surface area contributed by atoms with Crippen molar-refractivity contribution in [3.05, 3.63) is 35.4 Å². The maximum atomic E-state index is 13.2. The Labute approximate surface area is 84.8 Å². The molecule has 15 heavy (non-hydrogen) atoms. The molecule has 0 heterocycles. The molecule has 0 atom stereocenters. The van der Waals surface area contributed by atoms with E-state index in [0.29, 0.717) is 0 Å². The van der Waals surface area contributed by atoms with E-state index in [-0.39, 0.29) is 11.3 Å². The number of carbonyl (C=O) groups excluding carboxylic acids is 1. The summed E-state index contributed by atoms with van der Waals surface area (Å²) in [5.41, 5.74) is 6.80. The third-order valence-electron chi connectivity index (χ3n) is 1.68. The van der Waals surface area contributed by atoms with Crippen LogP contribution in [-0.2, 0) is 0 Å². The molecule has 0 aliphatic carbocycles. The summed E-state index contributed by atoms with van der Waals surface area (Å²) in [6.07, 6.45) is 0. The van der Waals surface area contributed by atoms with Crippen LogP contribution in [0.3, 0.4) is 0 Å². The van der Waals surface area contributed by atoms with Crippen molar-refractivity contribution in [2.75, 3.05) is 0 Å². The third-order valence-corrected chi connectivity index (χ3v) is 1.68. The smallest absolute Gasteiger partial charge is 0.332 e. The Morgan fingerprint density at radius 2 is 2.13 bits per heavy atom. The fourth-order valence-corrected chi connectivity index (χ4v) is 0.982. The summed E-state index contributed by atoms with van der Waals surface area (Å²) in [5, 5.41) is 3.48. The van der Waals surface area contributed by atoms with Gasteiger partial charge in [0.05, 0.1) is 5.71 Å². The lowest BCUT2D eigenvalue weighted by atomic mass is 10.1. The number of benzene rings is 1. The number of carbonyl (C=O) groups is 1. The van der Waals surface area contributed by atoms with E-state index in [1.54, 1.807) is 0 Å². The number of amides is 2. The van der Waals surface area contributed by atoms with Gasteiger partial charge < -0.3 is 5.73 Å². The van der Waals surface area contributed by atoms with E-state index >= 15 is 0 Å². The molecule has 1 aromatic carbocycles. The molecule has 0 saturated heterocycles. The van der Waals surface area contributed by atoms with Gasteiger partial charge in [0, 0.05) is 5.56 Å². The molecule has 3 N–H and O–H groups in total. The SMILES string of the molecule is C/C(=N/NC(N)=O)c1cccc(F)c1F. The van der Waals surface area contributed by atoms with Gasteiger partial charge in [-0.25, -0.2) is 19.0 Å². The number of nitrogens with one attached hydrogen (secondary N) is 1. The maximum absolute atomic E-state index is 13.2. The van der Waals surface area contributed by atoms with E-state index in [4.69, 9.17) is 5.73 Å². The minimum Gasteiger partial charge on any atom is -0.350 e. The first-order valence-electron chi connectivity index (χ1n) is 4.06. The Bertz CT molecular complexity index is 418. The Balaban J connectivity index is 3.00. The number of hydrogen-bond donors (Lipinski definition) is 2. The molecule has 0 spiro atoms. The van der Waals surface area contributed by atoms with Gasteiger partial charge in [-0.15, -0.1) is 0 Å². The quantitative estimate of drug-likeness (QED) is 0.565. The molecule has 0 aliphatic rings. The Morgan fingerprint density at radius 3 is 2.73 bits per heavy atom. The van der Waals surface area contributed by atoms with Crippen LogP contribution < -0.4 is 11.2 Å². The Kier molecular flexibility index (Phi) is 3.33. The average molecular weight is 213 g/mol. The molecule has 0 unspecified atom stereocenters. The first-order valence-corrected chi connectivity index (χ1v) is 4.06. The monoisotopic (exact) mass is 213 g/mol. The van der Waals surface area contributed by atoms with Crippen molar-refractivity contribution < 1.29 is 13.6 Å². The van der Waals surface area contributed by atoms with Gasteiger partial charge in [0.15, 0.2) is 11.6 Å². The van der Waals surface area contributed by atoms with Gasteiger partial charge in [-0.2, -0.15) is 5.10 Å². The normalized spacial score (nSPS) is 11.3. The number of urea groups is 1. The van der Waals surface area contributed by atoms with Crippen molar-refractivity contribution in [3.63, 3.8) is 0 Å². The molecule has 0 fully saturated rings. The summed E-state index contributed by atoms with van der Waals surface area (Å²) in [6.45, 7) is 1.42. The number of hydrogen-bond acceptors (Lipinski definition) is 2. The van der Waals surface area contributed by atoms with E-state index in [1.807, 2.05) is 5.43 Å². The highest BCUT2D eigenvalue weighted by Gasteiger charge is 2.09. The van der Waals surface area contributed by atoms with Crippen LogP contribution in [0.15, 0.2) is 23.3 Å². The van der Waals surface area contributed by atoms with Crippen molar-refractivity contribution in [2.45, 2.75) is 6.92 Å². The molecule has 80 valence electrons. The molecule has 6 heteroatoms. The van der Waals surface area contributed by atoms with Crippen molar-refractivity contribution >= 4 is 11.7 Å². The second-order valence-electron chi connectivity index (χ2n) is 2.77. The number of rotatable bonds is 2. The van der Waals surface area contributed by atoms with Crippen molar-refractivity contribution in [1.82, 2.24) is 5.43 Å². The van der Waals surface area contributed by atoms with Crippen LogP contribution in [0.1, 0.15) is 12.5 Å². The fraction of sp³-hybridized carbons (Fsp3) is 0.111. The zero-order valence-corrected chi connectivity index (χ0v) is 7.92. The van der Waals surface area contributed by atoms with Crippen LogP contribution >= 0.6 is 0 Å². The zero-order chi connectivity index (χ0) is 11.4. The fourth-order valence-electron chi connectivity index (χ4n) is 0.982. The van der Waals surface area contributed by atoms with E-state index in [9.17, 15) is 13.6 Å². The Morgan fingerprint density at radius 1 is 1.47 bits per heavy atom.